The molecule has 1 aromatic rings. The molecule has 0 aromatic heterocycles. The zero-order chi connectivity index (χ0) is 17.9. The van der Waals surface area contributed by atoms with Crippen LogP contribution < -0.4 is 10.1 Å². The van der Waals surface area contributed by atoms with Gasteiger partial charge in [0.1, 0.15) is 5.75 Å². The van der Waals surface area contributed by atoms with Crippen LogP contribution in [0.15, 0.2) is 12.1 Å². The van der Waals surface area contributed by atoms with Crippen molar-refractivity contribution >= 4 is 15.9 Å². The number of carbonyl (C=O) groups excluding carboxylic acids is 1. The minimum Gasteiger partial charge on any atom is -0.473 e. The van der Waals surface area contributed by atoms with Crippen LogP contribution in [-0.4, -0.2) is 50.2 Å². The van der Waals surface area contributed by atoms with Gasteiger partial charge in [-0.1, -0.05) is 12.1 Å². The number of benzene rings is 1. The van der Waals surface area contributed by atoms with E-state index in [1.54, 1.807) is 4.90 Å². The van der Waals surface area contributed by atoms with E-state index in [4.69, 9.17) is 4.74 Å². The SMILES string of the molecule is CCN(C(=O)NCOc1c(C)ccc(C)c1C)C1CCS(=O)(=O)C1. The lowest BCUT2D eigenvalue weighted by molar-refractivity contribution is 0.171. The zero-order valence-electron chi connectivity index (χ0n) is 14.8. The largest absolute Gasteiger partial charge is 0.473 e. The standard InChI is InChI=1S/C17H26N2O4S/c1-5-19(15-8-9-24(21,22)10-15)17(20)18-11-23-16-13(3)7-6-12(2)14(16)4/h6-7,15H,5,8-11H2,1-4H3,(H,18,20). The van der Waals surface area contributed by atoms with E-state index in [1.165, 1.54) is 0 Å². The predicted octanol–water partition coefficient (Wildman–Crippen LogP) is 2.17. The summed E-state index contributed by atoms with van der Waals surface area (Å²) < 4.78 is 29.0. The van der Waals surface area contributed by atoms with Crippen molar-refractivity contribution in [2.45, 2.75) is 40.2 Å². The Labute approximate surface area is 144 Å². The van der Waals surface area contributed by atoms with Crippen LogP contribution in [0.1, 0.15) is 30.0 Å². The molecule has 1 saturated heterocycles. The van der Waals surface area contributed by atoms with Crippen molar-refractivity contribution in [3.05, 3.63) is 28.8 Å². The minimum atomic E-state index is -3.02. The van der Waals surface area contributed by atoms with E-state index in [-0.39, 0.29) is 30.3 Å². The lowest BCUT2D eigenvalue weighted by Crippen LogP contribution is -2.47. The molecule has 1 unspecified atom stereocenters. The molecule has 1 aromatic carbocycles. The van der Waals surface area contributed by atoms with E-state index in [0.717, 1.165) is 22.4 Å². The summed E-state index contributed by atoms with van der Waals surface area (Å²) in [5.41, 5.74) is 3.20. The monoisotopic (exact) mass is 354 g/mol. The number of sulfone groups is 1. The molecule has 1 heterocycles. The number of nitrogens with zero attached hydrogens (tertiary/aromatic N) is 1. The lowest BCUT2D eigenvalue weighted by Gasteiger charge is -2.27. The van der Waals surface area contributed by atoms with Crippen molar-refractivity contribution in [3.8, 4) is 5.75 Å². The Morgan fingerprint density at radius 1 is 1.29 bits per heavy atom. The first-order chi connectivity index (χ1) is 11.2. The summed E-state index contributed by atoms with van der Waals surface area (Å²) in [4.78, 5) is 13.9. The fraction of sp³-hybridized carbons (Fsp3) is 0.588. The Hall–Kier alpha value is -1.76. The van der Waals surface area contributed by atoms with Crippen molar-refractivity contribution in [2.75, 3.05) is 24.8 Å². The van der Waals surface area contributed by atoms with Crippen molar-refractivity contribution in [2.24, 2.45) is 0 Å². The van der Waals surface area contributed by atoms with E-state index in [2.05, 4.69) is 5.32 Å². The first-order valence-electron chi connectivity index (χ1n) is 8.19. The number of ether oxygens (including phenoxy) is 1. The lowest BCUT2D eigenvalue weighted by atomic mass is 10.1. The van der Waals surface area contributed by atoms with Crippen molar-refractivity contribution in [3.63, 3.8) is 0 Å². The molecule has 24 heavy (non-hydrogen) atoms. The summed E-state index contributed by atoms with van der Waals surface area (Å²) in [7, 11) is -3.02. The maximum atomic E-state index is 12.3. The van der Waals surface area contributed by atoms with E-state index in [0.29, 0.717) is 13.0 Å². The highest BCUT2D eigenvalue weighted by atomic mass is 32.2. The Kier molecular flexibility index (Phi) is 5.74. The smallest absolute Gasteiger partial charge is 0.320 e. The molecule has 7 heteroatoms. The molecule has 0 spiro atoms. The van der Waals surface area contributed by atoms with E-state index >= 15 is 0 Å². The summed E-state index contributed by atoms with van der Waals surface area (Å²) in [6, 6.07) is 3.49. The molecule has 1 aliphatic rings. The van der Waals surface area contributed by atoms with Crippen LogP contribution >= 0.6 is 0 Å². The second-order valence-electron chi connectivity index (χ2n) is 6.27. The van der Waals surface area contributed by atoms with Crippen molar-refractivity contribution in [1.29, 1.82) is 0 Å². The molecule has 1 atom stereocenters. The van der Waals surface area contributed by atoms with Crippen LogP contribution in [0.2, 0.25) is 0 Å². The highest BCUT2D eigenvalue weighted by Crippen LogP contribution is 2.25. The molecule has 2 amide bonds. The Morgan fingerprint density at radius 2 is 1.96 bits per heavy atom. The highest BCUT2D eigenvalue weighted by Gasteiger charge is 2.33. The minimum absolute atomic E-state index is 0.0468. The average Bonchev–Trinajstić information content (AvgIpc) is 2.87. The molecule has 134 valence electrons. The van der Waals surface area contributed by atoms with Gasteiger partial charge in [0.05, 0.1) is 11.5 Å². The van der Waals surface area contributed by atoms with Gasteiger partial charge < -0.3 is 15.0 Å². The number of rotatable bonds is 5. The summed E-state index contributed by atoms with van der Waals surface area (Å²) in [6.07, 6.45) is 0.501. The second kappa shape index (κ2) is 7.42. The Bertz CT molecular complexity index is 716. The fourth-order valence-corrected chi connectivity index (χ4v) is 4.74. The van der Waals surface area contributed by atoms with Gasteiger partial charge in [-0.25, -0.2) is 13.2 Å². The number of urea groups is 1. The molecular formula is C17H26N2O4S. The zero-order valence-corrected chi connectivity index (χ0v) is 15.6. The van der Waals surface area contributed by atoms with Crippen LogP contribution in [0.4, 0.5) is 4.79 Å². The van der Waals surface area contributed by atoms with Gasteiger partial charge in [0, 0.05) is 12.6 Å². The molecule has 0 aliphatic carbocycles. The number of carbonyl (C=O) groups is 1. The highest BCUT2D eigenvalue weighted by molar-refractivity contribution is 7.91. The van der Waals surface area contributed by atoms with Gasteiger partial charge in [-0.3, -0.25) is 0 Å². The van der Waals surface area contributed by atoms with E-state index < -0.39 is 9.84 Å². The molecular weight excluding hydrogens is 328 g/mol. The van der Waals surface area contributed by atoms with E-state index in [9.17, 15) is 13.2 Å². The maximum absolute atomic E-state index is 12.3. The molecule has 1 N–H and O–H groups in total. The van der Waals surface area contributed by atoms with Crippen molar-refractivity contribution in [1.82, 2.24) is 10.2 Å². The first-order valence-corrected chi connectivity index (χ1v) is 10.0. The third-order valence-corrected chi connectivity index (χ3v) is 6.31. The number of hydrogen-bond donors (Lipinski definition) is 1. The number of nitrogens with one attached hydrogen (secondary N) is 1. The maximum Gasteiger partial charge on any atom is 0.320 e. The average molecular weight is 354 g/mol. The third-order valence-electron chi connectivity index (χ3n) is 4.56. The van der Waals surface area contributed by atoms with Gasteiger partial charge in [0.15, 0.2) is 16.6 Å². The topological polar surface area (TPSA) is 75.7 Å². The molecule has 1 fully saturated rings. The summed E-state index contributed by atoms with van der Waals surface area (Å²) in [5.74, 6) is 0.979. The normalized spacial score (nSPS) is 19.1. The predicted molar refractivity (Wildman–Crippen MR) is 94.1 cm³/mol. The number of aryl methyl sites for hydroxylation is 2. The fourth-order valence-electron chi connectivity index (χ4n) is 3.01. The Balaban J connectivity index is 1.94. The molecule has 6 nitrogen and oxygen atoms in total. The van der Waals surface area contributed by atoms with Crippen molar-refractivity contribution < 1.29 is 17.9 Å². The summed E-state index contributed by atoms with van der Waals surface area (Å²) in [6.45, 7) is 8.33. The van der Waals surface area contributed by atoms with Gasteiger partial charge in [0.2, 0.25) is 0 Å². The summed E-state index contributed by atoms with van der Waals surface area (Å²) in [5, 5.41) is 2.73. The van der Waals surface area contributed by atoms with Gasteiger partial charge >= 0.3 is 6.03 Å². The molecule has 1 aliphatic heterocycles. The molecule has 0 saturated carbocycles. The van der Waals surface area contributed by atoms with Crippen LogP contribution in [0, 0.1) is 20.8 Å². The molecule has 0 bridgehead atoms. The van der Waals surface area contributed by atoms with E-state index in [1.807, 2.05) is 39.8 Å². The molecule has 2 rings (SSSR count). The van der Waals surface area contributed by atoms with Crippen LogP contribution in [-0.2, 0) is 9.84 Å². The van der Waals surface area contributed by atoms with Gasteiger partial charge in [-0.05, 0) is 50.8 Å². The van der Waals surface area contributed by atoms with Gasteiger partial charge in [-0.2, -0.15) is 0 Å². The van der Waals surface area contributed by atoms with Gasteiger partial charge in [0.25, 0.3) is 0 Å². The second-order valence-corrected chi connectivity index (χ2v) is 8.50. The Morgan fingerprint density at radius 3 is 2.54 bits per heavy atom. The van der Waals surface area contributed by atoms with Crippen LogP contribution in [0.25, 0.3) is 0 Å². The van der Waals surface area contributed by atoms with Gasteiger partial charge in [-0.15, -0.1) is 0 Å². The summed E-state index contributed by atoms with van der Waals surface area (Å²) >= 11 is 0. The molecule has 0 radical (unpaired) electrons. The number of hydrogen-bond acceptors (Lipinski definition) is 4. The third kappa shape index (κ3) is 4.20. The quantitative estimate of drug-likeness (QED) is 0.822. The van der Waals surface area contributed by atoms with Crippen LogP contribution in [0.5, 0.6) is 5.75 Å². The van der Waals surface area contributed by atoms with Crippen LogP contribution in [0.3, 0.4) is 0 Å². The number of amides is 2. The first kappa shape index (κ1) is 18.6.